The zero-order valence-electron chi connectivity index (χ0n) is 14.4. The van der Waals surface area contributed by atoms with Gasteiger partial charge in [-0.05, 0) is 63.4 Å². The lowest BCUT2D eigenvalue weighted by Crippen LogP contribution is -2.40. The maximum Gasteiger partial charge on any atom is 0.339 e. The third-order valence-electron chi connectivity index (χ3n) is 5.85. The molecule has 0 radical (unpaired) electrons. The number of carbonyl (C=O) groups excluding carboxylic acids is 2. The number of ether oxygens (including phenoxy) is 1. The summed E-state index contributed by atoms with van der Waals surface area (Å²) in [6, 6.07) is 0.169. The van der Waals surface area contributed by atoms with Crippen LogP contribution in [0.1, 0.15) is 64.7 Å². The average Bonchev–Trinajstić information content (AvgIpc) is 3.21. The Kier molecular flexibility index (Phi) is 4.21. The number of aryl methyl sites for hydroxylation is 1. The summed E-state index contributed by atoms with van der Waals surface area (Å²) in [6.45, 7) is 5.68. The average molecular weight is 318 g/mol. The molecule has 2 bridgehead atoms. The first-order valence-corrected chi connectivity index (χ1v) is 8.50. The fourth-order valence-corrected chi connectivity index (χ4v) is 4.68. The molecule has 2 fully saturated rings. The second-order valence-electron chi connectivity index (χ2n) is 7.22. The molecule has 1 aromatic heterocycles. The number of fused-ring (bicyclic) bond motifs is 2. The lowest BCUT2D eigenvalue weighted by molar-refractivity contribution is 0.0599. The van der Waals surface area contributed by atoms with Gasteiger partial charge in [0, 0.05) is 11.7 Å². The number of methoxy groups -OCH3 is 1. The Morgan fingerprint density at radius 2 is 2.00 bits per heavy atom. The van der Waals surface area contributed by atoms with E-state index in [9.17, 15) is 9.59 Å². The maximum absolute atomic E-state index is 12.6. The molecule has 2 saturated carbocycles. The molecule has 3 rings (SSSR count). The topological polar surface area (TPSA) is 71.2 Å². The normalized spacial score (nSPS) is 27.0. The molecule has 0 aromatic carbocycles. The van der Waals surface area contributed by atoms with Crippen molar-refractivity contribution in [2.24, 2.45) is 17.8 Å². The molecule has 1 heterocycles. The van der Waals surface area contributed by atoms with Crippen molar-refractivity contribution in [2.75, 3.05) is 7.11 Å². The molecule has 0 unspecified atom stereocenters. The number of aromatic amines is 1. The molecule has 1 amide bonds. The molecular weight excluding hydrogens is 292 g/mol. The summed E-state index contributed by atoms with van der Waals surface area (Å²) >= 11 is 0. The van der Waals surface area contributed by atoms with E-state index in [1.165, 1.54) is 32.8 Å². The third kappa shape index (κ3) is 2.77. The lowest BCUT2D eigenvalue weighted by Gasteiger charge is -2.28. The largest absolute Gasteiger partial charge is 0.465 e. The minimum atomic E-state index is -0.406. The summed E-state index contributed by atoms with van der Waals surface area (Å²) in [6.07, 6.45) is 5.24. The van der Waals surface area contributed by atoms with E-state index < -0.39 is 5.97 Å². The highest BCUT2D eigenvalue weighted by Crippen LogP contribution is 2.49. The molecule has 0 aliphatic heterocycles. The van der Waals surface area contributed by atoms with Gasteiger partial charge in [0.1, 0.15) is 5.69 Å². The number of nitrogens with one attached hydrogen (secondary N) is 2. The van der Waals surface area contributed by atoms with Gasteiger partial charge < -0.3 is 15.0 Å². The highest BCUT2D eigenvalue weighted by atomic mass is 16.5. The second-order valence-corrected chi connectivity index (χ2v) is 7.22. The van der Waals surface area contributed by atoms with Gasteiger partial charge in [-0.25, -0.2) is 4.79 Å². The van der Waals surface area contributed by atoms with Crippen molar-refractivity contribution in [3.8, 4) is 0 Å². The molecule has 5 nitrogen and oxygen atoms in total. The van der Waals surface area contributed by atoms with Crippen molar-refractivity contribution in [1.82, 2.24) is 10.3 Å². The van der Waals surface area contributed by atoms with Crippen molar-refractivity contribution in [2.45, 2.75) is 52.5 Å². The van der Waals surface area contributed by atoms with Crippen molar-refractivity contribution < 1.29 is 14.3 Å². The van der Waals surface area contributed by atoms with Crippen molar-refractivity contribution in [3.63, 3.8) is 0 Å². The van der Waals surface area contributed by atoms with Crippen molar-refractivity contribution >= 4 is 11.9 Å². The zero-order chi connectivity index (χ0) is 16.7. The number of hydrogen-bond acceptors (Lipinski definition) is 3. The third-order valence-corrected chi connectivity index (χ3v) is 5.85. The van der Waals surface area contributed by atoms with Crippen LogP contribution in [0.3, 0.4) is 0 Å². The minimum absolute atomic E-state index is 0.129. The van der Waals surface area contributed by atoms with E-state index in [2.05, 4.69) is 17.2 Å². The van der Waals surface area contributed by atoms with Gasteiger partial charge >= 0.3 is 5.97 Å². The Morgan fingerprint density at radius 3 is 2.57 bits per heavy atom. The maximum atomic E-state index is 12.6. The van der Waals surface area contributed by atoms with Gasteiger partial charge in [0.05, 0.1) is 12.7 Å². The summed E-state index contributed by atoms with van der Waals surface area (Å²) in [4.78, 5) is 27.5. The molecule has 1 aromatic rings. The van der Waals surface area contributed by atoms with Crippen molar-refractivity contribution in [1.29, 1.82) is 0 Å². The Balaban J connectivity index is 1.72. The summed E-state index contributed by atoms with van der Waals surface area (Å²) in [5.41, 5.74) is 2.27. The summed E-state index contributed by atoms with van der Waals surface area (Å²) in [5.74, 6) is 1.69. The molecule has 0 saturated heterocycles. The van der Waals surface area contributed by atoms with Crippen LogP contribution >= 0.6 is 0 Å². The number of H-pyrrole nitrogens is 1. The first kappa shape index (κ1) is 16.1. The molecule has 23 heavy (non-hydrogen) atoms. The van der Waals surface area contributed by atoms with E-state index in [1.807, 2.05) is 0 Å². The van der Waals surface area contributed by atoms with Crippen LogP contribution in [0.25, 0.3) is 0 Å². The van der Waals surface area contributed by atoms with Gasteiger partial charge in [0.2, 0.25) is 0 Å². The van der Waals surface area contributed by atoms with Crippen LogP contribution in [0.2, 0.25) is 0 Å². The van der Waals surface area contributed by atoms with E-state index in [0.29, 0.717) is 28.4 Å². The van der Waals surface area contributed by atoms with E-state index in [0.717, 1.165) is 11.8 Å². The first-order chi connectivity index (χ1) is 10.9. The van der Waals surface area contributed by atoms with E-state index in [4.69, 9.17) is 4.74 Å². The highest BCUT2D eigenvalue weighted by molar-refractivity contribution is 6.00. The van der Waals surface area contributed by atoms with E-state index in [-0.39, 0.29) is 11.9 Å². The van der Waals surface area contributed by atoms with E-state index in [1.54, 1.807) is 13.8 Å². The number of amides is 1. The Labute approximate surface area is 137 Å². The predicted octanol–water partition coefficient (Wildman–Crippen LogP) is 2.97. The summed E-state index contributed by atoms with van der Waals surface area (Å²) in [5, 5.41) is 3.14. The highest BCUT2D eigenvalue weighted by Gasteiger charge is 2.42. The number of carbonyl (C=O) groups is 2. The fraction of sp³-hybridized carbons (Fsp3) is 0.667. The molecule has 2 N–H and O–H groups in total. The quantitative estimate of drug-likeness (QED) is 0.838. The molecule has 126 valence electrons. The summed E-state index contributed by atoms with van der Waals surface area (Å²) < 4.78 is 4.80. The smallest absolute Gasteiger partial charge is 0.339 e. The molecular formula is C18H26N2O3. The van der Waals surface area contributed by atoms with Crippen molar-refractivity contribution in [3.05, 3.63) is 22.5 Å². The van der Waals surface area contributed by atoms with Crippen LogP contribution in [0.5, 0.6) is 0 Å². The minimum Gasteiger partial charge on any atom is -0.465 e. The second kappa shape index (κ2) is 6.02. The molecule has 2 aliphatic rings. The monoisotopic (exact) mass is 318 g/mol. The molecule has 4 atom stereocenters. The Bertz CT molecular complexity index is 634. The Hall–Kier alpha value is -1.78. The van der Waals surface area contributed by atoms with E-state index >= 15 is 0 Å². The van der Waals surface area contributed by atoms with Gasteiger partial charge in [-0.1, -0.05) is 6.42 Å². The molecule has 0 spiro atoms. The standard InChI is InChI=1S/C18H26N2O3/c1-9-15(18(22)23-4)11(3)19-16(9)17(21)20-10(2)14-8-12-5-6-13(14)7-12/h10,12-14,19H,5-8H2,1-4H3,(H,20,21)/t10-,12+,13+,14+/m1/s1. The number of esters is 1. The fourth-order valence-electron chi connectivity index (χ4n) is 4.68. The number of hydrogen-bond donors (Lipinski definition) is 2. The van der Waals surface area contributed by atoms with Crippen LogP contribution in [0, 0.1) is 31.6 Å². The van der Waals surface area contributed by atoms with Crippen LogP contribution in [-0.2, 0) is 4.74 Å². The molecule has 5 heteroatoms. The number of rotatable bonds is 4. The lowest BCUT2D eigenvalue weighted by atomic mass is 9.84. The van der Waals surface area contributed by atoms with Gasteiger partial charge in [-0.2, -0.15) is 0 Å². The van der Waals surface area contributed by atoms with Gasteiger partial charge in [0.25, 0.3) is 5.91 Å². The predicted molar refractivity (Wildman–Crippen MR) is 87.5 cm³/mol. The van der Waals surface area contributed by atoms with Gasteiger partial charge in [-0.15, -0.1) is 0 Å². The van der Waals surface area contributed by atoms with Crippen LogP contribution in [-0.4, -0.2) is 30.0 Å². The Morgan fingerprint density at radius 1 is 1.26 bits per heavy atom. The summed E-state index contributed by atoms with van der Waals surface area (Å²) in [7, 11) is 1.35. The van der Waals surface area contributed by atoms with Gasteiger partial charge in [0.15, 0.2) is 0 Å². The molecule has 2 aliphatic carbocycles. The zero-order valence-corrected chi connectivity index (χ0v) is 14.4. The number of aromatic nitrogens is 1. The SMILES string of the molecule is COC(=O)c1c(C)[nH]c(C(=O)N[C@H](C)[C@@H]2C[C@H]3CC[C@H]2C3)c1C. The van der Waals surface area contributed by atoms with Crippen LogP contribution < -0.4 is 5.32 Å². The van der Waals surface area contributed by atoms with Crippen LogP contribution in [0.15, 0.2) is 0 Å². The first-order valence-electron chi connectivity index (χ1n) is 8.50. The van der Waals surface area contributed by atoms with Crippen LogP contribution in [0.4, 0.5) is 0 Å². The van der Waals surface area contributed by atoms with Gasteiger partial charge in [-0.3, -0.25) is 4.79 Å².